The highest BCUT2D eigenvalue weighted by atomic mass is 16.5. The van der Waals surface area contributed by atoms with Crippen molar-refractivity contribution in [3.63, 3.8) is 0 Å². The normalized spacial score (nSPS) is 16.6. The Morgan fingerprint density at radius 3 is 2.19 bits per heavy atom. The number of phenolic OH excluding ortho intramolecular Hbond substituents is 1. The van der Waals surface area contributed by atoms with Crippen LogP contribution in [0.5, 0.6) is 17.2 Å². The van der Waals surface area contributed by atoms with E-state index in [-0.39, 0.29) is 97.2 Å². The molecule has 3 aromatic carbocycles. The minimum absolute atomic E-state index is 0.00611. The molecule has 0 saturated heterocycles. The number of amides is 5. The fourth-order valence-corrected chi connectivity index (χ4v) is 7.71. The molecule has 0 spiro atoms. The second kappa shape index (κ2) is 22.4. The highest BCUT2D eigenvalue weighted by Crippen LogP contribution is 2.45. The first-order valence-electron chi connectivity index (χ1n) is 22.0. The van der Waals surface area contributed by atoms with Crippen LogP contribution in [-0.2, 0) is 31.0 Å². The van der Waals surface area contributed by atoms with E-state index >= 15 is 0 Å². The van der Waals surface area contributed by atoms with Crippen molar-refractivity contribution in [2.45, 2.75) is 84.0 Å². The minimum atomic E-state index is -1.54. The summed E-state index contributed by atoms with van der Waals surface area (Å²) in [7, 11) is 1.36. The first-order chi connectivity index (χ1) is 31.8. The molecule has 0 unspecified atom stereocenters. The first kappa shape index (κ1) is 50.9. The number of fused-ring (bicyclic) bond motifs is 5. The van der Waals surface area contributed by atoms with Gasteiger partial charge < -0.3 is 57.9 Å². The lowest BCUT2D eigenvalue weighted by molar-refractivity contribution is -0.141. The zero-order valence-electron chi connectivity index (χ0n) is 39.0. The number of phenols is 1. The van der Waals surface area contributed by atoms with Gasteiger partial charge in [0.15, 0.2) is 17.3 Å². The van der Waals surface area contributed by atoms with Gasteiger partial charge in [-0.15, -0.1) is 0 Å². The monoisotopic (exact) mass is 919 g/mol. The van der Waals surface area contributed by atoms with Crippen molar-refractivity contribution in [1.29, 1.82) is 5.26 Å². The Morgan fingerprint density at radius 2 is 1.58 bits per heavy atom. The van der Waals surface area contributed by atoms with Crippen LogP contribution in [0.15, 0.2) is 54.6 Å². The van der Waals surface area contributed by atoms with Crippen molar-refractivity contribution in [3.8, 4) is 45.8 Å². The number of hydrogen-bond acceptors (Lipinski definition) is 14. The summed E-state index contributed by atoms with van der Waals surface area (Å²) in [6.07, 6.45) is -0.127. The molecule has 11 N–H and O–H groups in total. The molecule has 19 heteroatoms. The van der Waals surface area contributed by atoms with Crippen LogP contribution in [0.4, 0.5) is 0 Å². The van der Waals surface area contributed by atoms with Crippen LogP contribution < -0.4 is 47.9 Å². The van der Waals surface area contributed by atoms with Crippen LogP contribution in [0, 0.1) is 25.2 Å². The standard InChI is InChI=1S/C48H61N11O8/c1-26-39(27(2)55-42(54-26)30-9-11-32(12-10-30)48(4,5)6)45(63)57-35(14-15-49)47(65)59(7)40-31-24-34(41(67-21-18-52)38(25-31)66-20-17-51)33-22-29(8-13-37(33)60)23-36(44(62)53-19-16-50)58-43(61)28(3)56-46(40)64/h8-13,22,24-25,28,35-36,40,60H,14-15,17-21,23,49,51-52H2,1-7H3,(H,53,62)(H,56,64)(H,57,63)(H,58,61)/t28-,35-,36-,40-/m0/s1. The van der Waals surface area contributed by atoms with Crippen molar-refractivity contribution >= 4 is 29.5 Å². The van der Waals surface area contributed by atoms with Crippen LogP contribution in [0.3, 0.4) is 0 Å². The number of hydrogen-bond donors (Lipinski definition) is 8. The number of nitrogens with one attached hydrogen (secondary N) is 4. The molecule has 0 fully saturated rings. The lowest BCUT2D eigenvalue weighted by Crippen LogP contribution is -2.56. The summed E-state index contributed by atoms with van der Waals surface area (Å²) in [4.78, 5) is 81.2. The molecule has 356 valence electrons. The molecule has 2 heterocycles. The Hall–Kier alpha value is -7.14. The molecule has 4 aromatic rings. The SMILES string of the molecule is Cc1nc(-c2ccc(C(C)(C)C)cc2)nc(C)c1C(=O)N[C@@H](CCN)C(=O)N(C)[C@@H]1C(=O)N[C@@H](C)C(=O)N[C@H](C(=O)NCC#N)Cc2ccc(O)c(c2)-c2cc1cc(OCCN)c2OCCN. The fourth-order valence-electron chi connectivity index (χ4n) is 7.71. The van der Waals surface area contributed by atoms with E-state index in [9.17, 15) is 29.1 Å². The molecule has 1 aliphatic heterocycles. The number of carbonyl (C=O) groups excluding carboxylic acids is 5. The van der Waals surface area contributed by atoms with E-state index in [4.69, 9.17) is 31.9 Å². The van der Waals surface area contributed by atoms with Crippen LogP contribution >= 0.6 is 0 Å². The number of carbonyl (C=O) groups is 5. The number of ether oxygens (including phenoxy) is 2. The number of aromatic nitrogens is 2. The number of likely N-dealkylation sites (N-methyl/N-ethyl adjacent to an activating group) is 1. The second-order valence-electron chi connectivity index (χ2n) is 17.3. The molecule has 4 atom stereocenters. The quantitative estimate of drug-likeness (QED) is 0.0791. The average Bonchev–Trinajstić information content (AvgIpc) is 3.28. The molecule has 0 saturated carbocycles. The van der Waals surface area contributed by atoms with Crippen molar-refractivity contribution < 1.29 is 38.6 Å². The Balaban J connectivity index is 1.61. The third kappa shape index (κ3) is 12.2. The zero-order chi connectivity index (χ0) is 49.2. The molecule has 4 bridgehead atoms. The van der Waals surface area contributed by atoms with Gasteiger partial charge in [-0.2, -0.15) is 5.26 Å². The Labute approximate surface area is 390 Å². The number of aryl methyl sites for hydroxylation is 2. The average molecular weight is 920 g/mol. The van der Waals surface area contributed by atoms with Gasteiger partial charge in [-0.3, -0.25) is 24.0 Å². The second-order valence-corrected chi connectivity index (χ2v) is 17.3. The third-order valence-electron chi connectivity index (χ3n) is 11.2. The Morgan fingerprint density at radius 1 is 0.925 bits per heavy atom. The number of nitrogens with zero attached hydrogens (tertiary/aromatic N) is 4. The molecular formula is C48H61N11O8. The van der Waals surface area contributed by atoms with E-state index in [2.05, 4.69) is 52.0 Å². The summed E-state index contributed by atoms with van der Waals surface area (Å²) in [5.41, 5.74) is 21.5. The van der Waals surface area contributed by atoms with Crippen molar-refractivity contribution in [1.82, 2.24) is 36.1 Å². The molecule has 1 aromatic heterocycles. The maximum Gasteiger partial charge on any atom is 0.255 e. The molecule has 67 heavy (non-hydrogen) atoms. The van der Waals surface area contributed by atoms with Crippen LogP contribution in [0.25, 0.3) is 22.5 Å². The van der Waals surface area contributed by atoms with E-state index in [0.29, 0.717) is 22.8 Å². The predicted molar refractivity (Wildman–Crippen MR) is 251 cm³/mol. The van der Waals surface area contributed by atoms with E-state index in [1.807, 2.05) is 30.3 Å². The van der Waals surface area contributed by atoms with Gasteiger partial charge in [-0.25, -0.2) is 9.97 Å². The summed E-state index contributed by atoms with van der Waals surface area (Å²) in [6, 6.07) is 12.0. The van der Waals surface area contributed by atoms with Crippen LogP contribution in [-0.4, -0.2) is 114 Å². The topological polar surface area (TPSA) is 303 Å². The summed E-state index contributed by atoms with van der Waals surface area (Å²) in [6.45, 7) is 10.9. The lowest BCUT2D eigenvalue weighted by Gasteiger charge is -2.33. The van der Waals surface area contributed by atoms with Crippen LogP contribution in [0.1, 0.15) is 78.6 Å². The molecule has 0 radical (unpaired) electrons. The van der Waals surface area contributed by atoms with Gasteiger partial charge >= 0.3 is 0 Å². The zero-order valence-corrected chi connectivity index (χ0v) is 39.0. The molecular weight excluding hydrogens is 859 g/mol. The van der Waals surface area contributed by atoms with E-state index in [1.165, 1.54) is 26.1 Å². The van der Waals surface area contributed by atoms with Crippen LogP contribution in [0.2, 0.25) is 0 Å². The van der Waals surface area contributed by atoms with Gasteiger partial charge in [0.05, 0.1) is 23.0 Å². The smallest absolute Gasteiger partial charge is 0.255 e. The maximum absolute atomic E-state index is 14.8. The van der Waals surface area contributed by atoms with Crippen molar-refractivity contribution in [2.24, 2.45) is 17.2 Å². The number of nitriles is 1. The van der Waals surface area contributed by atoms with Crippen molar-refractivity contribution in [2.75, 3.05) is 46.4 Å². The maximum atomic E-state index is 14.8. The molecule has 5 amide bonds. The van der Waals surface area contributed by atoms with E-state index in [0.717, 1.165) is 16.0 Å². The summed E-state index contributed by atoms with van der Waals surface area (Å²) in [5, 5.41) is 31.2. The largest absolute Gasteiger partial charge is 0.507 e. The predicted octanol–water partition coefficient (Wildman–Crippen LogP) is 1.94. The summed E-state index contributed by atoms with van der Waals surface area (Å²) < 4.78 is 12.2. The van der Waals surface area contributed by atoms with Gasteiger partial charge in [-0.05, 0) is 80.1 Å². The van der Waals surface area contributed by atoms with Gasteiger partial charge in [0.1, 0.15) is 49.7 Å². The number of rotatable bonds is 15. The van der Waals surface area contributed by atoms with Gasteiger partial charge in [0.2, 0.25) is 23.6 Å². The Bertz CT molecular complexity index is 2500. The third-order valence-corrected chi connectivity index (χ3v) is 11.2. The van der Waals surface area contributed by atoms with E-state index < -0.39 is 53.7 Å². The number of aromatic hydroxyl groups is 1. The van der Waals surface area contributed by atoms with Gasteiger partial charge in [0.25, 0.3) is 5.91 Å². The number of nitrogens with two attached hydrogens (primary N) is 3. The number of benzene rings is 3. The van der Waals surface area contributed by atoms with Gasteiger partial charge in [-0.1, -0.05) is 51.1 Å². The highest BCUT2D eigenvalue weighted by molar-refractivity contribution is 6.00. The fraction of sp³-hybridized carbons (Fsp3) is 0.417. The molecule has 0 aliphatic carbocycles. The van der Waals surface area contributed by atoms with Crippen molar-refractivity contribution in [3.05, 3.63) is 88.2 Å². The van der Waals surface area contributed by atoms with Gasteiger partial charge in [0, 0.05) is 43.2 Å². The highest BCUT2D eigenvalue weighted by Gasteiger charge is 2.37. The summed E-state index contributed by atoms with van der Waals surface area (Å²) >= 11 is 0. The lowest BCUT2D eigenvalue weighted by atomic mass is 9.86. The molecule has 5 rings (SSSR count). The first-order valence-corrected chi connectivity index (χ1v) is 22.0. The Kier molecular flexibility index (Phi) is 17.0. The molecule has 1 aliphatic rings. The summed E-state index contributed by atoms with van der Waals surface area (Å²) in [5.74, 6) is -3.20. The molecule has 19 nitrogen and oxygen atoms in total. The van der Waals surface area contributed by atoms with E-state index in [1.54, 1.807) is 32.0 Å². The minimum Gasteiger partial charge on any atom is -0.507 e.